The van der Waals surface area contributed by atoms with Gasteiger partial charge in [0.1, 0.15) is 11.9 Å². The Morgan fingerprint density at radius 2 is 2.33 bits per heavy atom. The Kier molecular flexibility index (Phi) is 3.35. The zero-order chi connectivity index (χ0) is 15.0. The van der Waals surface area contributed by atoms with Crippen molar-refractivity contribution in [1.29, 1.82) is 0 Å². The molecule has 0 aromatic heterocycles. The summed E-state index contributed by atoms with van der Waals surface area (Å²) in [6.07, 6.45) is 1.55. The van der Waals surface area contributed by atoms with Crippen LogP contribution in [0.3, 0.4) is 0 Å². The van der Waals surface area contributed by atoms with Crippen molar-refractivity contribution < 1.29 is 19.1 Å². The maximum atomic E-state index is 12.0. The van der Waals surface area contributed by atoms with E-state index in [9.17, 15) is 9.59 Å². The third-order valence-corrected chi connectivity index (χ3v) is 4.63. The van der Waals surface area contributed by atoms with E-state index in [0.29, 0.717) is 37.2 Å². The van der Waals surface area contributed by atoms with Gasteiger partial charge in [-0.05, 0) is 12.5 Å². The molecule has 0 saturated heterocycles. The molecule has 0 spiro atoms. The molecule has 1 aliphatic carbocycles. The zero-order valence-electron chi connectivity index (χ0n) is 12.3. The lowest BCUT2D eigenvalue weighted by atomic mass is 9.66. The second-order valence-electron chi connectivity index (χ2n) is 5.69. The number of fused-ring (bicyclic) bond motifs is 3. The van der Waals surface area contributed by atoms with Gasteiger partial charge in [0.2, 0.25) is 5.91 Å². The lowest BCUT2D eigenvalue weighted by Gasteiger charge is -2.36. The minimum atomic E-state index is -0.419. The van der Waals surface area contributed by atoms with Crippen LogP contribution in [0.25, 0.3) is 0 Å². The van der Waals surface area contributed by atoms with Crippen molar-refractivity contribution in [3.63, 3.8) is 0 Å². The van der Waals surface area contributed by atoms with Gasteiger partial charge in [0.15, 0.2) is 11.5 Å². The molecule has 3 rings (SSSR count). The highest BCUT2D eigenvalue weighted by Crippen LogP contribution is 2.54. The first-order chi connectivity index (χ1) is 10.1. The zero-order valence-corrected chi connectivity index (χ0v) is 12.3. The van der Waals surface area contributed by atoms with Gasteiger partial charge in [0.05, 0.1) is 7.11 Å². The number of methoxy groups -OCH3 is 1. The largest absolute Gasteiger partial charge is 0.493 e. The SMILES string of the molecule is CNC(=O)C[C@@]12CCC(=O)C[C@@H]1Oc1c(OC)cccc12. The highest BCUT2D eigenvalue weighted by molar-refractivity contribution is 5.84. The molecule has 1 amide bonds. The average Bonchev–Trinajstić information content (AvgIpc) is 2.80. The maximum Gasteiger partial charge on any atom is 0.220 e. The minimum absolute atomic E-state index is 0.0337. The maximum absolute atomic E-state index is 12.0. The van der Waals surface area contributed by atoms with Crippen molar-refractivity contribution in [2.45, 2.75) is 37.2 Å². The molecule has 1 aromatic carbocycles. The molecule has 1 aromatic rings. The van der Waals surface area contributed by atoms with Crippen LogP contribution in [0.2, 0.25) is 0 Å². The first-order valence-electron chi connectivity index (χ1n) is 7.17. The Balaban J connectivity index is 2.08. The van der Waals surface area contributed by atoms with Crippen LogP contribution in [0.5, 0.6) is 11.5 Å². The molecular formula is C16H19NO4. The van der Waals surface area contributed by atoms with Crippen LogP contribution in [0.15, 0.2) is 18.2 Å². The van der Waals surface area contributed by atoms with Crippen molar-refractivity contribution in [3.8, 4) is 11.5 Å². The fraction of sp³-hybridized carbons (Fsp3) is 0.500. The van der Waals surface area contributed by atoms with Crippen LogP contribution in [0.4, 0.5) is 0 Å². The summed E-state index contributed by atoms with van der Waals surface area (Å²) in [6, 6.07) is 5.73. The number of hydrogen-bond donors (Lipinski definition) is 1. The summed E-state index contributed by atoms with van der Waals surface area (Å²) in [5.74, 6) is 1.50. The Morgan fingerprint density at radius 3 is 3.05 bits per heavy atom. The molecule has 1 aliphatic heterocycles. The molecular weight excluding hydrogens is 270 g/mol. The van der Waals surface area contributed by atoms with Crippen molar-refractivity contribution in [1.82, 2.24) is 5.32 Å². The predicted octanol–water partition coefficient (Wildman–Crippen LogP) is 1.58. The summed E-state index contributed by atoms with van der Waals surface area (Å²) in [7, 11) is 3.22. The number of rotatable bonds is 3. The summed E-state index contributed by atoms with van der Waals surface area (Å²) in [6.45, 7) is 0. The summed E-state index contributed by atoms with van der Waals surface area (Å²) in [5, 5.41) is 2.68. The molecule has 1 N–H and O–H groups in total. The van der Waals surface area contributed by atoms with Gasteiger partial charge < -0.3 is 14.8 Å². The van der Waals surface area contributed by atoms with E-state index in [-0.39, 0.29) is 17.8 Å². The van der Waals surface area contributed by atoms with E-state index in [1.165, 1.54) is 0 Å². The van der Waals surface area contributed by atoms with E-state index in [2.05, 4.69) is 5.32 Å². The molecule has 5 nitrogen and oxygen atoms in total. The average molecular weight is 289 g/mol. The molecule has 21 heavy (non-hydrogen) atoms. The summed E-state index contributed by atoms with van der Waals surface area (Å²) in [4.78, 5) is 23.8. The van der Waals surface area contributed by atoms with Gasteiger partial charge in [-0.3, -0.25) is 9.59 Å². The van der Waals surface area contributed by atoms with Gasteiger partial charge in [-0.15, -0.1) is 0 Å². The third-order valence-electron chi connectivity index (χ3n) is 4.63. The molecule has 0 unspecified atom stereocenters. The Bertz CT molecular complexity index is 598. The van der Waals surface area contributed by atoms with Crippen LogP contribution in [0.1, 0.15) is 31.2 Å². The Labute approximate surface area is 123 Å². The van der Waals surface area contributed by atoms with Gasteiger partial charge in [-0.25, -0.2) is 0 Å². The predicted molar refractivity (Wildman–Crippen MR) is 76.6 cm³/mol. The van der Waals surface area contributed by atoms with Crippen LogP contribution in [-0.2, 0) is 15.0 Å². The summed E-state index contributed by atoms with van der Waals surface area (Å²) < 4.78 is 11.4. The fourth-order valence-electron chi connectivity index (χ4n) is 3.50. The van der Waals surface area contributed by atoms with Crippen LogP contribution in [-0.4, -0.2) is 32.0 Å². The highest BCUT2D eigenvalue weighted by Gasteiger charge is 2.53. The first-order valence-corrected chi connectivity index (χ1v) is 7.17. The number of hydrogen-bond acceptors (Lipinski definition) is 4. The van der Waals surface area contributed by atoms with Crippen molar-refractivity contribution >= 4 is 11.7 Å². The lowest BCUT2D eigenvalue weighted by Crippen LogP contribution is -2.46. The van der Waals surface area contributed by atoms with E-state index in [0.717, 1.165) is 5.56 Å². The van der Waals surface area contributed by atoms with E-state index in [4.69, 9.17) is 9.47 Å². The van der Waals surface area contributed by atoms with E-state index in [1.54, 1.807) is 14.2 Å². The second-order valence-corrected chi connectivity index (χ2v) is 5.69. The monoisotopic (exact) mass is 289 g/mol. The summed E-state index contributed by atoms with van der Waals surface area (Å²) >= 11 is 0. The quantitative estimate of drug-likeness (QED) is 0.917. The number of carbonyl (C=O) groups is 2. The number of para-hydroxylation sites is 1. The fourth-order valence-corrected chi connectivity index (χ4v) is 3.50. The van der Waals surface area contributed by atoms with Crippen LogP contribution >= 0.6 is 0 Å². The number of ketones is 1. The molecule has 1 fully saturated rings. The van der Waals surface area contributed by atoms with E-state index in [1.807, 2.05) is 18.2 Å². The molecule has 0 bridgehead atoms. The molecule has 1 saturated carbocycles. The molecule has 1 heterocycles. The number of carbonyl (C=O) groups excluding carboxylic acids is 2. The van der Waals surface area contributed by atoms with Crippen LogP contribution < -0.4 is 14.8 Å². The molecule has 2 atom stereocenters. The Morgan fingerprint density at radius 1 is 1.52 bits per heavy atom. The smallest absolute Gasteiger partial charge is 0.220 e. The molecule has 0 radical (unpaired) electrons. The topological polar surface area (TPSA) is 64.6 Å². The van der Waals surface area contributed by atoms with Crippen molar-refractivity contribution in [3.05, 3.63) is 23.8 Å². The number of nitrogens with one attached hydrogen (secondary N) is 1. The van der Waals surface area contributed by atoms with Gasteiger partial charge in [0.25, 0.3) is 0 Å². The first kappa shape index (κ1) is 13.9. The number of amides is 1. The van der Waals surface area contributed by atoms with Gasteiger partial charge in [-0.1, -0.05) is 12.1 Å². The second kappa shape index (κ2) is 5.06. The van der Waals surface area contributed by atoms with Gasteiger partial charge in [0, 0.05) is 37.3 Å². The third kappa shape index (κ3) is 2.07. The lowest BCUT2D eigenvalue weighted by molar-refractivity contribution is -0.128. The molecule has 5 heteroatoms. The van der Waals surface area contributed by atoms with E-state index < -0.39 is 5.41 Å². The number of benzene rings is 1. The van der Waals surface area contributed by atoms with Crippen molar-refractivity contribution in [2.75, 3.05) is 14.2 Å². The van der Waals surface area contributed by atoms with Crippen molar-refractivity contribution in [2.24, 2.45) is 0 Å². The minimum Gasteiger partial charge on any atom is -0.493 e. The Hall–Kier alpha value is -2.04. The molecule has 2 aliphatic rings. The highest BCUT2D eigenvalue weighted by atomic mass is 16.5. The summed E-state index contributed by atoms with van der Waals surface area (Å²) in [5.41, 5.74) is 0.570. The van der Waals surface area contributed by atoms with Crippen LogP contribution in [0, 0.1) is 0 Å². The van der Waals surface area contributed by atoms with Gasteiger partial charge in [-0.2, -0.15) is 0 Å². The van der Waals surface area contributed by atoms with E-state index >= 15 is 0 Å². The molecule has 112 valence electrons. The number of Topliss-reactive ketones (excluding diaryl/α,β-unsaturated/α-hetero) is 1. The normalized spacial score (nSPS) is 26.6. The number of ether oxygens (including phenoxy) is 2. The van der Waals surface area contributed by atoms with Gasteiger partial charge >= 0.3 is 0 Å². The standard InChI is InChI=1S/C16H19NO4/c1-17-14(19)9-16-7-6-10(18)8-13(16)21-15-11(16)4-3-5-12(15)20-2/h3-5,13H,6-9H2,1-2H3,(H,17,19)/t13-,16+/m0/s1.